The molecule has 0 saturated carbocycles. The van der Waals surface area contributed by atoms with Crippen LogP contribution in [0.1, 0.15) is 15.9 Å². The Hall–Kier alpha value is -3.10. The van der Waals surface area contributed by atoms with Gasteiger partial charge in [0.1, 0.15) is 11.5 Å². The normalized spacial score (nSPS) is 9.92. The summed E-state index contributed by atoms with van der Waals surface area (Å²) < 4.78 is 6.63. The molecule has 0 unspecified atom stereocenters. The smallest absolute Gasteiger partial charge is 0.255 e. The van der Waals surface area contributed by atoms with Crippen molar-refractivity contribution in [1.29, 1.82) is 5.26 Å². The van der Waals surface area contributed by atoms with Crippen LogP contribution in [0.25, 0.3) is 0 Å². The van der Waals surface area contributed by atoms with E-state index in [1.807, 2.05) is 12.1 Å². The molecule has 1 N–H and O–H groups in total. The molecule has 0 heterocycles. The van der Waals surface area contributed by atoms with Crippen molar-refractivity contribution in [1.82, 2.24) is 0 Å². The molecular formula is C20H13BrN2O2. The molecular weight excluding hydrogens is 380 g/mol. The Balaban J connectivity index is 1.64. The van der Waals surface area contributed by atoms with Crippen molar-refractivity contribution >= 4 is 27.5 Å². The average molecular weight is 393 g/mol. The molecule has 0 spiro atoms. The van der Waals surface area contributed by atoms with Crippen molar-refractivity contribution < 1.29 is 9.53 Å². The Labute approximate surface area is 153 Å². The van der Waals surface area contributed by atoms with Crippen LogP contribution in [0.15, 0.2) is 77.3 Å². The minimum absolute atomic E-state index is 0.173. The first-order valence-electron chi connectivity index (χ1n) is 7.49. The fraction of sp³-hybridized carbons (Fsp3) is 0. The van der Waals surface area contributed by atoms with Gasteiger partial charge in [-0.3, -0.25) is 4.79 Å². The maximum absolute atomic E-state index is 12.2. The second-order valence-electron chi connectivity index (χ2n) is 5.22. The molecule has 0 aliphatic heterocycles. The second-order valence-corrected chi connectivity index (χ2v) is 6.14. The van der Waals surface area contributed by atoms with Gasteiger partial charge in [-0.15, -0.1) is 0 Å². The van der Waals surface area contributed by atoms with E-state index in [9.17, 15) is 4.79 Å². The van der Waals surface area contributed by atoms with Crippen molar-refractivity contribution in [2.45, 2.75) is 0 Å². The molecule has 25 heavy (non-hydrogen) atoms. The van der Waals surface area contributed by atoms with Crippen molar-refractivity contribution in [2.24, 2.45) is 0 Å². The molecule has 0 bridgehead atoms. The molecule has 4 nitrogen and oxygen atoms in total. The predicted molar refractivity (Wildman–Crippen MR) is 99.8 cm³/mol. The summed E-state index contributed by atoms with van der Waals surface area (Å²) in [4.78, 5) is 12.2. The van der Waals surface area contributed by atoms with E-state index in [1.54, 1.807) is 60.7 Å². The molecule has 0 aromatic heterocycles. The number of carbonyl (C=O) groups is 1. The summed E-state index contributed by atoms with van der Waals surface area (Å²) in [5.74, 6) is 1.12. The lowest BCUT2D eigenvalue weighted by molar-refractivity contribution is 0.102. The van der Waals surface area contributed by atoms with E-state index < -0.39 is 0 Å². The van der Waals surface area contributed by atoms with Crippen LogP contribution in [0.2, 0.25) is 0 Å². The molecule has 3 rings (SSSR count). The molecule has 5 heteroatoms. The van der Waals surface area contributed by atoms with Gasteiger partial charge in [-0.05, 0) is 72.8 Å². The molecule has 0 fully saturated rings. The first kappa shape index (κ1) is 16.7. The van der Waals surface area contributed by atoms with Crippen molar-refractivity contribution in [3.63, 3.8) is 0 Å². The van der Waals surface area contributed by atoms with Crippen molar-refractivity contribution in [3.05, 3.63) is 88.4 Å². The lowest BCUT2D eigenvalue weighted by Gasteiger charge is -2.08. The number of hydrogen-bond donors (Lipinski definition) is 1. The monoisotopic (exact) mass is 392 g/mol. The molecule has 122 valence electrons. The maximum atomic E-state index is 12.2. The average Bonchev–Trinajstić information content (AvgIpc) is 2.64. The number of amides is 1. The molecule has 0 radical (unpaired) electrons. The quantitative estimate of drug-likeness (QED) is 0.649. The summed E-state index contributed by atoms with van der Waals surface area (Å²) in [6.45, 7) is 0. The van der Waals surface area contributed by atoms with Gasteiger partial charge in [0.15, 0.2) is 0 Å². The van der Waals surface area contributed by atoms with E-state index in [4.69, 9.17) is 10.00 Å². The second kappa shape index (κ2) is 7.65. The topological polar surface area (TPSA) is 62.1 Å². The third-order valence-electron chi connectivity index (χ3n) is 3.44. The number of hydrogen-bond acceptors (Lipinski definition) is 3. The minimum Gasteiger partial charge on any atom is -0.457 e. The highest BCUT2D eigenvalue weighted by molar-refractivity contribution is 9.10. The number of nitrogens with zero attached hydrogens (tertiary/aromatic N) is 1. The Morgan fingerprint density at radius 3 is 2.00 bits per heavy atom. The van der Waals surface area contributed by atoms with Crippen LogP contribution >= 0.6 is 15.9 Å². The Morgan fingerprint density at radius 2 is 1.44 bits per heavy atom. The molecule has 3 aromatic carbocycles. The number of nitrogens with one attached hydrogen (secondary N) is 1. The van der Waals surface area contributed by atoms with Crippen LogP contribution in [0.3, 0.4) is 0 Å². The van der Waals surface area contributed by atoms with E-state index in [0.717, 1.165) is 4.47 Å². The summed E-state index contributed by atoms with van der Waals surface area (Å²) >= 11 is 3.34. The number of anilines is 1. The Kier molecular flexibility index (Phi) is 5.12. The lowest BCUT2D eigenvalue weighted by Crippen LogP contribution is -2.11. The van der Waals surface area contributed by atoms with Gasteiger partial charge in [0, 0.05) is 15.7 Å². The van der Waals surface area contributed by atoms with E-state index in [2.05, 4.69) is 27.3 Å². The predicted octanol–water partition coefficient (Wildman–Crippen LogP) is 5.37. The van der Waals surface area contributed by atoms with Gasteiger partial charge >= 0.3 is 0 Å². The molecule has 0 aliphatic carbocycles. The van der Waals surface area contributed by atoms with Gasteiger partial charge in [-0.25, -0.2) is 0 Å². The third kappa shape index (κ3) is 4.46. The highest BCUT2D eigenvalue weighted by atomic mass is 79.9. The first-order valence-corrected chi connectivity index (χ1v) is 8.28. The highest BCUT2D eigenvalue weighted by Gasteiger charge is 2.06. The number of nitriles is 1. The molecule has 3 aromatic rings. The highest BCUT2D eigenvalue weighted by Crippen LogP contribution is 2.23. The van der Waals surface area contributed by atoms with Gasteiger partial charge in [0.05, 0.1) is 11.6 Å². The van der Waals surface area contributed by atoms with Crippen LogP contribution in [0, 0.1) is 11.3 Å². The molecule has 1 amide bonds. The maximum Gasteiger partial charge on any atom is 0.255 e. The summed E-state index contributed by atoms with van der Waals surface area (Å²) in [5, 5.41) is 11.6. The first-order chi connectivity index (χ1) is 12.1. The Bertz CT molecular complexity index is 912. The lowest BCUT2D eigenvalue weighted by atomic mass is 10.2. The van der Waals surface area contributed by atoms with Crippen molar-refractivity contribution in [2.75, 3.05) is 5.32 Å². The minimum atomic E-state index is -0.173. The fourth-order valence-electron chi connectivity index (χ4n) is 2.14. The summed E-state index contributed by atoms with van der Waals surface area (Å²) in [7, 11) is 0. The third-order valence-corrected chi connectivity index (χ3v) is 3.97. The SMILES string of the molecule is N#Cc1ccc(Oc2ccc(NC(=O)c3ccc(Br)cc3)cc2)cc1. The fourth-order valence-corrected chi connectivity index (χ4v) is 2.41. The number of ether oxygens (including phenoxy) is 1. The van der Waals surface area contributed by atoms with E-state index in [0.29, 0.717) is 28.3 Å². The summed E-state index contributed by atoms with van der Waals surface area (Å²) in [6, 6.07) is 23.2. The zero-order valence-electron chi connectivity index (χ0n) is 13.1. The van der Waals surface area contributed by atoms with Crippen LogP contribution in [0.4, 0.5) is 5.69 Å². The molecule has 0 aliphatic rings. The van der Waals surface area contributed by atoms with E-state index in [-0.39, 0.29) is 5.91 Å². The van der Waals surface area contributed by atoms with Crippen LogP contribution in [-0.2, 0) is 0 Å². The molecule has 0 atom stereocenters. The zero-order valence-corrected chi connectivity index (χ0v) is 14.7. The zero-order chi connectivity index (χ0) is 17.6. The summed E-state index contributed by atoms with van der Waals surface area (Å²) in [5.41, 5.74) is 1.85. The number of rotatable bonds is 4. The van der Waals surface area contributed by atoms with Gasteiger partial charge < -0.3 is 10.1 Å². The van der Waals surface area contributed by atoms with Gasteiger partial charge in [-0.1, -0.05) is 15.9 Å². The standard InChI is InChI=1S/C20H13BrN2O2/c21-16-5-3-15(4-6-16)20(24)23-17-7-11-19(12-8-17)25-18-9-1-14(13-22)2-10-18/h1-12H,(H,23,24). The number of benzene rings is 3. The van der Waals surface area contributed by atoms with Gasteiger partial charge in [0.2, 0.25) is 0 Å². The summed E-state index contributed by atoms with van der Waals surface area (Å²) in [6.07, 6.45) is 0. The van der Waals surface area contributed by atoms with Crippen LogP contribution in [-0.4, -0.2) is 5.91 Å². The largest absolute Gasteiger partial charge is 0.457 e. The van der Waals surface area contributed by atoms with Crippen LogP contribution in [0.5, 0.6) is 11.5 Å². The van der Waals surface area contributed by atoms with E-state index in [1.165, 1.54) is 0 Å². The Morgan fingerprint density at radius 1 is 0.880 bits per heavy atom. The van der Waals surface area contributed by atoms with E-state index >= 15 is 0 Å². The van der Waals surface area contributed by atoms with Crippen LogP contribution < -0.4 is 10.1 Å². The van der Waals surface area contributed by atoms with Gasteiger partial charge in [-0.2, -0.15) is 5.26 Å². The van der Waals surface area contributed by atoms with Gasteiger partial charge in [0.25, 0.3) is 5.91 Å². The molecule has 0 saturated heterocycles. The number of carbonyl (C=O) groups excluding carboxylic acids is 1. The van der Waals surface area contributed by atoms with Crippen molar-refractivity contribution in [3.8, 4) is 17.6 Å². The number of halogens is 1.